The summed E-state index contributed by atoms with van der Waals surface area (Å²) in [7, 11) is -2.80. The van der Waals surface area contributed by atoms with E-state index in [0.717, 1.165) is 12.1 Å². The summed E-state index contributed by atoms with van der Waals surface area (Å²) in [6.07, 6.45) is 0.0706. The summed E-state index contributed by atoms with van der Waals surface area (Å²) < 4.78 is 31.5. The van der Waals surface area contributed by atoms with Crippen LogP contribution in [-0.2, 0) is 24.3 Å². The molecule has 0 radical (unpaired) electrons. The number of anilines is 2. The Kier molecular flexibility index (Phi) is 7.85. The molecule has 0 aliphatic rings. The fraction of sp³-hybridized carbons (Fsp3) is 0.235. The third-order valence-electron chi connectivity index (χ3n) is 3.81. The first-order valence-corrected chi connectivity index (χ1v) is 10.5. The molecule has 0 fully saturated rings. The van der Waals surface area contributed by atoms with Gasteiger partial charge in [-0.15, -0.1) is 0 Å². The number of pyridine rings is 1. The van der Waals surface area contributed by atoms with Crippen LogP contribution in [0.4, 0.5) is 17.2 Å². The van der Waals surface area contributed by atoms with Gasteiger partial charge in [0.25, 0.3) is 11.6 Å². The van der Waals surface area contributed by atoms with Crippen LogP contribution in [0.25, 0.3) is 0 Å². The number of amides is 1. The van der Waals surface area contributed by atoms with Crippen molar-refractivity contribution >= 4 is 50.7 Å². The quantitative estimate of drug-likeness (QED) is 0.278. The number of aromatic nitrogens is 1. The number of hydrogen-bond donors (Lipinski definition) is 3. The van der Waals surface area contributed by atoms with Gasteiger partial charge in [0.1, 0.15) is 18.1 Å². The number of ether oxygens (including phenoxy) is 1. The SMILES string of the molecule is CNc1ccc(S(=O)(=O)NCC(=O)OC(C)C(=O)Nc2ccc(Cl)cn2)cc1[N+](=O)[O-]. The molecule has 0 saturated heterocycles. The number of esters is 1. The molecule has 12 nitrogen and oxygen atoms in total. The molecule has 1 aromatic heterocycles. The third-order valence-corrected chi connectivity index (χ3v) is 5.43. The van der Waals surface area contributed by atoms with Crippen LogP contribution >= 0.6 is 11.6 Å². The molecule has 0 saturated carbocycles. The summed E-state index contributed by atoms with van der Waals surface area (Å²) in [6.45, 7) is 0.498. The van der Waals surface area contributed by atoms with E-state index in [9.17, 15) is 28.1 Å². The number of halogens is 1. The Hall–Kier alpha value is -3.29. The summed E-state index contributed by atoms with van der Waals surface area (Å²) in [5.74, 6) is -1.54. The molecule has 2 rings (SSSR count). The van der Waals surface area contributed by atoms with Crippen LogP contribution in [0, 0.1) is 10.1 Å². The van der Waals surface area contributed by atoms with Crippen molar-refractivity contribution in [1.82, 2.24) is 9.71 Å². The molecule has 0 spiro atoms. The topological polar surface area (TPSA) is 170 Å². The molecular formula is C17H18ClN5O7S. The van der Waals surface area contributed by atoms with Crippen LogP contribution in [0.15, 0.2) is 41.4 Å². The Bertz CT molecular complexity index is 1090. The van der Waals surface area contributed by atoms with Crippen LogP contribution < -0.4 is 15.4 Å². The van der Waals surface area contributed by atoms with Crippen molar-refractivity contribution in [3.8, 4) is 0 Å². The second-order valence-corrected chi connectivity index (χ2v) is 8.20. The number of nitro groups is 1. The Morgan fingerprint density at radius 1 is 1.29 bits per heavy atom. The van der Waals surface area contributed by atoms with E-state index in [1.807, 2.05) is 4.72 Å². The molecule has 31 heavy (non-hydrogen) atoms. The Morgan fingerprint density at radius 3 is 2.58 bits per heavy atom. The minimum Gasteiger partial charge on any atom is -0.452 e. The third kappa shape index (κ3) is 6.60. The lowest BCUT2D eigenvalue weighted by molar-refractivity contribution is -0.384. The van der Waals surface area contributed by atoms with E-state index in [2.05, 4.69) is 15.6 Å². The van der Waals surface area contributed by atoms with Gasteiger partial charge in [-0.25, -0.2) is 13.4 Å². The smallest absolute Gasteiger partial charge is 0.321 e. The molecule has 1 heterocycles. The first kappa shape index (κ1) is 24.0. The van der Waals surface area contributed by atoms with Crippen molar-refractivity contribution in [2.75, 3.05) is 24.2 Å². The number of carbonyl (C=O) groups is 2. The summed E-state index contributed by atoms with van der Waals surface area (Å²) in [5, 5.41) is 16.4. The van der Waals surface area contributed by atoms with E-state index >= 15 is 0 Å². The number of benzene rings is 1. The summed E-state index contributed by atoms with van der Waals surface area (Å²) in [6, 6.07) is 6.17. The van der Waals surface area contributed by atoms with Gasteiger partial charge in [0.2, 0.25) is 10.0 Å². The molecular weight excluding hydrogens is 454 g/mol. The van der Waals surface area contributed by atoms with Gasteiger partial charge in [-0.1, -0.05) is 11.6 Å². The Balaban J connectivity index is 1.96. The van der Waals surface area contributed by atoms with Gasteiger partial charge in [0, 0.05) is 19.3 Å². The maximum atomic E-state index is 12.3. The molecule has 1 unspecified atom stereocenters. The molecule has 0 bridgehead atoms. The van der Waals surface area contributed by atoms with Crippen molar-refractivity contribution < 1.29 is 27.7 Å². The average molecular weight is 472 g/mol. The van der Waals surface area contributed by atoms with Crippen LogP contribution in [0.2, 0.25) is 5.02 Å². The van der Waals surface area contributed by atoms with Crippen molar-refractivity contribution in [1.29, 1.82) is 0 Å². The standard InChI is InChI=1S/C17H18ClN5O7S/c1-10(17(25)22-15-6-3-11(18)8-20-15)30-16(24)9-21-31(28,29)12-4-5-13(19-2)14(7-12)23(26)27/h3-8,10,19,21H,9H2,1-2H3,(H,20,22,25). The van der Waals surface area contributed by atoms with Gasteiger partial charge in [-0.3, -0.25) is 19.7 Å². The number of carbonyl (C=O) groups excluding carboxylic acids is 2. The van der Waals surface area contributed by atoms with Gasteiger partial charge in [-0.2, -0.15) is 4.72 Å². The number of rotatable bonds is 9. The largest absolute Gasteiger partial charge is 0.452 e. The summed E-state index contributed by atoms with van der Waals surface area (Å²) in [5.41, 5.74) is -0.326. The molecule has 2 aromatic rings. The highest BCUT2D eigenvalue weighted by molar-refractivity contribution is 7.89. The van der Waals surface area contributed by atoms with E-state index in [0.29, 0.717) is 5.02 Å². The highest BCUT2D eigenvalue weighted by Gasteiger charge is 2.23. The fourth-order valence-corrected chi connectivity index (χ4v) is 3.35. The van der Waals surface area contributed by atoms with Crippen molar-refractivity contribution in [3.63, 3.8) is 0 Å². The monoisotopic (exact) mass is 471 g/mol. The van der Waals surface area contributed by atoms with Crippen LogP contribution in [0.1, 0.15) is 6.92 Å². The minimum atomic E-state index is -4.25. The van der Waals surface area contributed by atoms with E-state index in [1.54, 1.807) is 0 Å². The number of sulfonamides is 1. The fourth-order valence-electron chi connectivity index (χ4n) is 2.25. The molecule has 3 N–H and O–H groups in total. The van der Waals surface area contributed by atoms with E-state index < -0.39 is 50.1 Å². The highest BCUT2D eigenvalue weighted by Crippen LogP contribution is 2.26. The van der Waals surface area contributed by atoms with E-state index in [1.165, 1.54) is 38.4 Å². The lowest BCUT2D eigenvalue weighted by Crippen LogP contribution is -2.36. The second kappa shape index (κ2) is 10.1. The summed E-state index contributed by atoms with van der Waals surface area (Å²) in [4.78, 5) is 37.8. The van der Waals surface area contributed by atoms with Crippen LogP contribution in [-0.4, -0.2) is 49.9 Å². The van der Waals surface area contributed by atoms with Gasteiger partial charge in [-0.05, 0) is 31.2 Å². The average Bonchev–Trinajstić information content (AvgIpc) is 2.73. The Labute approximate surface area is 182 Å². The van der Waals surface area contributed by atoms with Crippen molar-refractivity contribution in [2.45, 2.75) is 17.9 Å². The number of nitrogens with zero attached hydrogens (tertiary/aromatic N) is 2. The first-order valence-electron chi connectivity index (χ1n) is 8.61. The zero-order valence-corrected chi connectivity index (χ0v) is 17.9. The lowest BCUT2D eigenvalue weighted by atomic mass is 10.3. The van der Waals surface area contributed by atoms with Gasteiger partial charge < -0.3 is 15.4 Å². The second-order valence-electron chi connectivity index (χ2n) is 5.99. The molecule has 1 amide bonds. The van der Waals surface area contributed by atoms with Crippen LogP contribution in [0.5, 0.6) is 0 Å². The summed E-state index contributed by atoms with van der Waals surface area (Å²) >= 11 is 5.70. The normalized spacial score (nSPS) is 12.0. The Morgan fingerprint density at radius 2 is 2.00 bits per heavy atom. The first-order chi connectivity index (χ1) is 14.5. The van der Waals surface area contributed by atoms with E-state index in [-0.39, 0.29) is 11.5 Å². The highest BCUT2D eigenvalue weighted by atomic mass is 35.5. The maximum Gasteiger partial charge on any atom is 0.321 e. The number of nitro benzene ring substituents is 1. The van der Waals surface area contributed by atoms with E-state index in [4.69, 9.17) is 16.3 Å². The molecule has 0 aliphatic heterocycles. The predicted molar refractivity (Wildman–Crippen MR) is 111 cm³/mol. The minimum absolute atomic E-state index is 0.123. The predicted octanol–water partition coefficient (Wildman–Crippen LogP) is 1.53. The maximum absolute atomic E-state index is 12.3. The molecule has 14 heteroatoms. The number of nitrogens with one attached hydrogen (secondary N) is 3. The molecule has 166 valence electrons. The van der Waals surface area contributed by atoms with Crippen molar-refractivity contribution in [2.24, 2.45) is 0 Å². The van der Waals surface area contributed by atoms with Crippen LogP contribution in [0.3, 0.4) is 0 Å². The van der Waals surface area contributed by atoms with Gasteiger partial charge in [0.05, 0.1) is 14.8 Å². The van der Waals surface area contributed by atoms with Gasteiger partial charge >= 0.3 is 5.97 Å². The van der Waals surface area contributed by atoms with Crippen molar-refractivity contribution in [3.05, 3.63) is 51.7 Å². The molecule has 1 atom stereocenters. The molecule has 1 aromatic carbocycles. The number of hydrogen-bond acceptors (Lipinski definition) is 9. The van der Waals surface area contributed by atoms with Gasteiger partial charge in [0.15, 0.2) is 6.10 Å². The lowest BCUT2D eigenvalue weighted by Gasteiger charge is -2.13. The zero-order chi connectivity index (χ0) is 23.2. The zero-order valence-electron chi connectivity index (χ0n) is 16.3. The molecule has 0 aliphatic carbocycles.